The molecule has 0 saturated heterocycles. The Labute approximate surface area is 95.0 Å². The summed E-state index contributed by atoms with van der Waals surface area (Å²) in [5.74, 6) is 0.803. The van der Waals surface area contributed by atoms with Gasteiger partial charge in [0.25, 0.3) is 0 Å². The fourth-order valence-electron chi connectivity index (χ4n) is 1.81. The lowest BCUT2D eigenvalue weighted by atomic mass is 9.89. The molecule has 0 bridgehead atoms. The molecular formula is C13H28O2. The monoisotopic (exact) mass is 216 g/mol. The quantitative estimate of drug-likeness (QED) is 0.783. The smallest absolute Gasteiger partial charge is 0.0745 e. The van der Waals surface area contributed by atoms with Crippen molar-refractivity contribution >= 4 is 0 Å². The number of rotatable bonds is 3. The van der Waals surface area contributed by atoms with Crippen molar-refractivity contribution in [3.8, 4) is 0 Å². The second kappa shape index (κ2) is 9.17. The number of aliphatic hydroxyl groups is 1. The lowest BCUT2D eigenvalue weighted by Crippen LogP contribution is -2.24. The summed E-state index contributed by atoms with van der Waals surface area (Å²) in [6.45, 7) is 8.79. The summed E-state index contributed by atoms with van der Waals surface area (Å²) in [7, 11) is 0. The van der Waals surface area contributed by atoms with Gasteiger partial charge in [-0.05, 0) is 25.7 Å². The average Bonchev–Trinajstić information content (AvgIpc) is 2.16. The van der Waals surface area contributed by atoms with E-state index in [0.717, 1.165) is 5.92 Å². The standard InChI is InChI=1S/C10H20O2.C3H8/c1-8-4-3-5-10(6-8)12-7-9(2)11;1-3-2/h8-11H,3-7H2,1-2H3;3H2,1-2H3. The molecule has 2 nitrogen and oxygen atoms in total. The third kappa shape index (κ3) is 8.88. The summed E-state index contributed by atoms with van der Waals surface area (Å²) in [4.78, 5) is 0. The molecule has 0 aromatic heterocycles. The van der Waals surface area contributed by atoms with Crippen LogP contribution < -0.4 is 0 Å². The minimum atomic E-state index is -0.317. The van der Waals surface area contributed by atoms with Crippen molar-refractivity contribution in [2.24, 2.45) is 5.92 Å². The Balaban J connectivity index is 0.000000583. The Morgan fingerprint density at radius 2 is 1.93 bits per heavy atom. The zero-order valence-corrected chi connectivity index (χ0v) is 10.8. The largest absolute Gasteiger partial charge is 0.391 e. The molecule has 0 heterocycles. The summed E-state index contributed by atoms with van der Waals surface area (Å²) < 4.78 is 5.56. The van der Waals surface area contributed by atoms with E-state index in [-0.39, 0.29) is 6.10 Å². The molecule has 0 spiro atoms. The van der Waals surface area contributed by atoms with Crippen LogP contribution in [0.5, 0.6) is 0 Å². The molecule has 1 N–H and O–H groups in total. The minimum absolute atomic E-state index is 0.317. The first kappa shape index (κ1) is 14.9. The van der Waals surface area contributed by atoms with Crippen molar-refractivity contribution in [3.05, 3.63) is 0 Å². The first-order valence-electron chi connectivity index (χ1n) is 6.39. The first-order valence-corrected chi connectivity index (χ1v) is 6.39. The van der Waals surface area contributed by atoms with E-state index in [1.807, 2.05) is 0 Å². The van der Waals surface area contributed by atoms with Crippen LogP contribution in [0.2, 0.25) is 0 Å². The molecule has 1 rings (SSSR count). The maximum atomic E-state index is 9.02. The highest BCUT2D eigenvalue weighted by atomic mass is 16.5. The normalized spacial score (nSPS) is 27.8. The van der Waals surface area contributed by atoms with Crippen LogP contribution in [0.15, 0.2) is 0 Å². The average molecular weight is 216 g/mol. The van der Waals surface area contributed by atoms with Gasteiger partial charge in [0.05, 0.1) is 18.8 Å². The highest BCUT2D eigenvalue weighted by molar-refractivity contribution is 4.70. The number of ether oxygens (including phenoxy) is 1. The Bertz CT molecular complexity index is 134. The highest BCUT2D eigenvalue weighted by Gasteiger charge is 2.19. The molecule has 0 aromatic carbocycles. The molecule has 0 aliphatic heterocycles. The van der Waals surface area contributed by atoms with Gasteiger partial charge in [0.1, 0.15) is 0 Å². The van der Waals surface area contributed by atoms with Crippen LogP contribution in [-0.4, -0.2) is 23.9 Å². The minimum Gasteiger partial charge on any atom is -0.391 e. The molecule has 2 heteroatoms. The van der Waals surface area contributed by atoms with Crippen molar-refractivity contribution < 1.29 is 9.84 Å². The van der Waals surface area contributed by atoms with Crippen molar-refractivity contribution in [3.63, 3.8) is 0 Å². The zero-order chi connectivity index (χ0) is 11.7. The van der Waals surface area contributed by atoms with Crippen LogP contribution in [0.3, 0.4) is 0 Å². The number of aliphatic hydroxyl groups excluding tert-OH is 1. The molecule has 0 radical (unpaired) electrons. The van der Waals surface area contributed by atoms with E-state index in [1.165, 1.54) is 32.1 Å². The summed E-state index contributed by atoms with van der Waals surface area (Å²) in [6.07, 6.45) is 6.31. The molecule has 3 atom stereocenters. The van der Waals surface area contributed by atoms with Crippen LogP contribution >= 0.6 is 0 Å². The molecule has 1 fully saturated rings. The molecule has 3 unspecified atom stereocenters. The summed E-state index contributed by atoms with van der Waals surface area (Å²) in [6, 6.07) is 0. The van der Waals surface area contributed by atoms with E-state index in [2.05, 4.69) is 20.8 Å². The van der Waals surface area contributed by atoms with Crippen LogP contribution in [0.25, 0.3) is 0 Å². The van der Waals surface area contributed by atoms with E-state index in [0.29, 0.717) is 12.7 Å². The van der Waals surface area contributed by atoms with Gasteiger partial charge in [-0.3, -0.25) is 0 Å². The van der Waals surface area contributed by atoms with Gasteiger partial charge in [0.15, 0.2) is 0 Å². The zero-order valence-electron chi connectivity index (χ0n) is 10.8. The summed E-state index contributed by atoms with van der Waals surface area (Å²) >= 11 is 0. The molecule has 15 heavy (non-hydrogen) atoms. The summed E-state index contributed by atoms with van der Waals surface area (Å²) in [5.41, 5.74) is 0. The summed E-state index contributed by atoms with van der Waals surface area (Å²) in [5, 5.41) is 9.02. The van der Waals surface area contributed by atoms with Crippen LogP contribution in [0.1, 0.15) is 59.8 Å². The topological polar surface area (TPSA) is 29.5 Å². The van der Waals surface area contributed by atoms with Gasteiger partial charge in [-0.1, -0.05) is 40.0 Å². The van der Waals surface area contributed by atoms with E-state index in [4.69, 9.17) is 9.84 Å². The van der Waals surface area contributed by atoms with Crippen molar-refractivity contribution in [2.75, 3.05) is 6.61 Å². The Morgan fingerprint density at radius 3 is 2.40 bits per heavy atom. The van der Waals surface area contributed by atoms with Gasteiger partial charge in [-0.25, -0.2) is 0 Å². The Hall–Kier alpha value is -0.0800. The molecule has 0 amide bonds. The highest BCUT2D eigenvalue weighted by Crippen LogP contribution is 2.25. The van der Waals surface area contributed by atoms with Crippen molar-refractivity contribution in [1.82, 2.24) is 0 Å². The fourth-order valence-corrected chi connectivity index (χ4v) is 1.81. The maximum Gasteiger partial charge on any atom is 0.0745 e. The molecule has 1 saturated carbocycles. The Morgan fingerprint density at radius 1 is 1.33 bits per heavy atom. The van der Waals surface area contributed by atoms with Gasteiger partial charge in [-0.2, -0.15) is 0 Å². The Kier molecular flexibility index (Phi) is 9.12. The van der Waals surface area contributed by atoms with E-state index < -0.39 is 0 Å². The molecule has 0 aromatic rings. The SMILES string of the molecule is CC(O)COC1CCCC(C)C1.CCC. The second-order valence-electron chi connectivity index (χ2n) is 4.78. The molecule has 92 valence electrons. The van der Waals surface area contributed by atoms with Crippen LogP contribution in [0, 0.1) is 5.92 Å². The predicted octanol–water partition coefficient (Wildman–Crippen LogP) is 3.38. The fraction of sp³-hybridized carbons (Fsp3) is 1.00. The third-order valence-electron chi connectivity index (χ3n) is 2.46. The number of hydrogen-bond acceptors (Lipinski definition) is 2. The first-order chi connectivity index (χ1) is 7.10. The van der Waals surface area contributed by atoms with Gasteiger partial charge in [-0.15, -0.1) is 0 Å². The molecular weight excluding hydrogens is 188 g/mol. The van der Waals surface area contributed by atoms with E-state index in [9.17, 15) is 0 Å². The van der Waals surface area contributed by atoms with Crippen molar-refractivity contribution in [1.29, 1.82) is 0 Å². The third-order valence-corrected chi connectivity index (χ3v) is 2.46. The molecule has 1 aliphatic rings. The van der Waals surface area contributed by atoms with Gasteiger partial charge in [0.2, 0.25) is 0 Å². The van der Waals surface area contributed by atoms with E-state index in [1.54, 1.807) is 6.92 Å². The molecule has 1 aliphatic carbocycles. The maximum absolute atomic E-state index is 9.02. The predicted molar refractivity (Wildman–Crippen MR) is 65.0 cm³/mol. The van der Waals surface area contributed by atoms with Crippen LogP contribution in [-0.2, 0) is 4.74 Å². The van der Waals surface area contributed by atoms with Gasteiger partial charge >= 0.3 is 0 Å². The van der Waals surface area contributed by atoms with Gasteiger partial charge < -0.3 is 9.84 Å². The van der Waals surface area contributed by atoms with E-state index >= 15 is 0 Å². The van der Waals surface area contributed by atoms with Gasteiger partial charge in [0, 0.05) is 0 Å². The second-order valence-corrected chi connectivity index (χ2v) is 4.78. The lowest BCUT2D eigenvalue weighted by Gasteiger charge is -2.27. The lowest BCUT2D eigenvalue weighted by molar-refractivity contribution is -0.0260. The number of hydrogen-bond donors (Lipinski definition) is 1. The van der Waals surface area contributed by atoms with Crippen molar-refractivity contribution in [2.45, 2.75) is 72.0 Å². The van der Waals surface area contributed by atoms with Crippen LogP contribution in [0.4, 0.5) is 0 Å².